The summed E-state index contributed by atoms with van der Waals surface area (Å²) in [6.07, 6.45) is 3.18. The Balaban J connectivity index is 1.78. The molecule has 0 spiro atoms. The molecule has 142 valence electrons. The summed E-state index contributed by atoms with van der Waals surface area (Å²) in [7, 11) is 0. The van der Waals surface area contributed by atoms with Crippen LogP contribution in [0.15, 0.2) is 42.5 Å². The number of para-hydroxylation sites is 2. The van der Waals surface area contributed by atoms with Gasteiger partial charge < -0.3 is 9.80 Å². The molecule has 0 unspecified atom stereocenters. The zero-order chi connectivity index (χ0) is 19.4. The molecule has 1 aliphatic rings. The van der Waals surface area contributed by atoms with Crippen LogP contribution in [0.25, 0.3) is 0 Å². The van der Waals surface area contributed by atoms with Crippen molar-refractivity contribution < 1.29 is 9.59 Å². The van der Waals surface area contributed by atoms with E-state index in [4.69, 9.17) is 0 Å². The van der Waals surface area contributed by atoms with Crippen LogP contribution < -0.4 is 9.80 Å². The van der Waals surface area contributed by atoms with Crippen molar-refractivity contribution in [2.75, 3.05) is 22.9 Å². The van der Waals surface area contributed by atoms with Gasteiger partial charge in [0.05, 0.1) is 0 Å². The fourth-order valence-electron chi connectivity index (χ4n) is 3.95. The number of amides is 2. The zero-order valence-electron chi connectivity index (χ0n) is 16.5. The molecule has 0 aliphatic carbocycles. The maximum Gasteiger partial charge on any atom is 0.228 e. The number of fused-ring (bicyclic) bond motifs is 1. The lowest BCUT2D eigenvalue weighted by atomic mass is 10.0. The summed E-state index contributed by atoms with van der Waals surface area (Å²) in [5.74, 6) is 0.0610. The van der Waals surface area contributed by atoms with Crippen LogP contribution in [0.1, 0.15) is 43.4 Å². The summed E-state index contributed by atoms with van der Waals surface area (Å²) in [5, 5.41) is 0. The van der Waals surface area contributed by atoms with Gasteiger partial charge >= 0.3 is 0 Å². The molecule has 1 aliphatic heterocycles. The fraction of sp³-hybridized carbons (Fsp3) is 0.391. The number of carbonyl (C=O) groups is 2. The molecule has 0 saturated heterocycles. The van der Waals surface area contributed by atoms with Crippen molar-refractivity contribution in [3.63, 3.8) is 0 Å². The summed E-state index contributed by atoms with van der Waals surface area (Å²) < 4.78 is 0. The number of aryl methyl sites for hydroxylation is 3. The minimum absolute atomic E-state index is 0.0224. The van der Waals surface area contributed by atoms with Gasteiger partial charge in [0.25, 0.3) is 0 Å². The molecule has 0 radical (unpaired) electrons. The van der Waals surface area contributed by atoms with E-state index in [2.05, 4.69) is 19.1 Å². The van der Waals surface area contributed by atoms with Crippen LogP contribution >= 0.6 is 0 Å². The third kappa shape index (κ3) is 4.05. The van der Waals surface area contributed by atoms with Crippen molar-refractivity contribution in [3.8, 4) is 0 Å². The maximum atomic E-state index is 12.9. The largest absolute Gasteiger partial charge is 0.312 e. The normalized spacial score (nSPS) is 13.2. The Morgan fingerprint density at radius 1 is 1.11 bits per heavy atom. The second kappa shape index (κ2) is 8.38. The Morgan fingerprint density at radius 3 is 2.63 bits per heavy atom. The van der Waals surface area contributed by atoms with E-state index in [1.165, 1.54) is 5.56 Å². The van der Waals surface area contributed by atoms with E-state index < -0.39 is 0 Å². The third-order valence-corrected chi connectivity index (χ3v) is 5.31. The van der Waals surface area contributed by atoms with Crippen molar-refractivity contribution in [3.05, 3.63) is 59.2 Å². The Morgan fingerprint density at radius 2 is 1.89 bits per heavy atom. The molecule has 2 amide bonds. The van der Waals surface area contributed by atoms with Crippen molar-refractivity contribution in [1.29, 1.82) is 0 Å². The van der Waals surface area contributed by atoms with Crippen LogP contribution in [0, 0.1) is 6.92 Å². The highest BCUT2D eigenvalue weighted by Crippen LogP contribution is 2.29. The molecule has 0 bridgehead atoms. The first kappa shape index (κ1) is 19.2. The summed E-state index contributed by atoms with van der Waals surface area (Å²) in [6.45, 7) is 6.84. The topological polar surface area (TPSA) is 40.6 Å². The lowest BCUT2D eigenvalue weighted by Gasteiger charge is -2.31. The van der Waals surface area contributed by atoms with Gasteiger partial charge in [0.2, 0.25) is 11.8 Å². The molecule has 1 heterocycles. The van der Waals surface area contributed by atoms with E-state index in [-0.39, 0.29) is 11.8 Å². The Hall–Kier alpha value is -2.62. The van der Waals surface area contributed by atoms with Gasteiger partial charge in [-0.1, -0.05) is 43.3 Å². The van der Waals surface area contributed by atoms with E-state index in [0.717, 1.165) is 48.3 Å². The Kier molecular flexibility index (Phi) is 5.94. The van der Waals surface area contributed by atoms with E-state index >= 15 is 0 Å². The van der Waals surface area contributed by atoms with Gasteiger partial charge in [0.1, 0.15) is 0 Å². The molecular formula is C23H28N2O2. The van der Waals surface area contributed by atoms with Crippen molar-refractivity contribution in [2.45, 2.75) is 46.5 Å². The molecule has 4 heteroatoms. The van der Waals surface area contributed by atoms with E-state index in [1.807, 2.05) is 42.2 Å². The highest BCUT2D eigenvalue weighted by molar-refractivity contribution is 5.97. The standard InChI is InChI=1S/C23H28N2O2/c1-4-19-11-7-9-17(2)23(19)24(18(3)26)16-14-22(27)25-15-8-12-20-10-5-6-13-21(20)25/h5-7,9-11,13H,4,8,12,14-16H2,1-3H3. The molecule has 0 N–H and O–H groups in total. The summed E-state index contributed by atoms with van der Waals surface area (Å²) in [6, 6.07) is 14.2. The molecule has 2 aromatic rings. The van der Waals surface area contributed by atoms with Gasteiger partial charge in [-0.25, -0.2) is 0 Å². The second-order valence-electron chi connectivity index (χ2n) is 7.13. The van der Waals surface area contributed by atoms with Gasteiger partial charge in [-0.3, -0.25) is 9.59 Å². The van der Waals surface area contributed by atoms with Crippen molar-refractivity contribution in [2.24, 2.45) is 0 Å². The minimum Gasteiger partial charge on any atom is -0.312 e. The minimum atomic E-state index is -0.0224. The van der Waals surface area contributed by atoms with Crippen molar-refractivity contribution >= 4 is 23.2 Å². The number of hydrogen-bond acceptors (Lipinski definition) is 2. The first-order chi connectivity index (χ1) is 13.0. The smallest absolute Gasteiger partial charge is 0.228 e. The Bertz CT molecular complexity index is 844. The van der Waals surface area contributed by atoms with Crippen LogP contribution in [0.4, 0.5) is 11.4 Å². The van der Waals surface area contributed by atoms with Crippen LogP contribution in [0.2, 0.25) is 0 Å². The van der Waals surface area contributed by atoms with Gasteiger partial charge in [-0.2, -0.15) is 0 Å². The molecule has 3 rings (SSSR count). The van der Waals surface area contributed by atoms with Crippen LogP contribution in [0.5, 0.6) is 0 Å². The fourth-order valence-corrected chi connectivity index (χ4v) is 3.95. The number of benzene rings is 2. The molecule has 4 nitrogen and oxygen atoms in total. The zero-order valence-corrected chi connectivity index (χ0v) is 16.5. The molecule has 0 fully saturated rings. The van der Waals surface area contributed by atoms with Gasteiger partial charge in [-0.15, -0.1) is 0 Å². The molecule has 0 atom stereocenters. The number of hydrogen-bond donors (Lipinski definition) is 0. The molecule has 2 aromatic carbocycles. The van der Waals surface area contributed by atoms with Gasteiger partial charge in [0, 0.05) is 37.8 Å². The highest BCUT2D eigenvalue weighted by Gasteiger charge is 2.24. The predicted octanol–water partition coefficient (Wildman–Crippen LogP) is 4.28. The second-order valence-corrected chi connectivity index (χ2v) is 7.13. The van der Waals surface area contributed by atoms with Crippen LogP contribution in [-0.4, -0.2) is 24.9 Å². The number of rotatable bonds is 5. The molecule has 0 saturated carbocycles. The third-order valence-electron chi connectivity index (χ3n) is 5.31. The SMILES string of the molecule is CCc1cccc(C)c1N(CCC(=O)N1CCCc2ccccc21)C(C)=O. The maximum absolute atomic E-state index is 12.9. The highest BCUT2D eigenvalue weighted by atomic mass is 16.2. The van der Waals surface area contributed by atoms with Crippen LogP contribution in [-0.2, 0) is 22.4 Å². The Labute approximate surface area is 161 Å². The van der Waals surface area contributed by atoms with Gasteiger partial charge in [0.15, 0.2) is 0 Å². The monoisotopic (exact) mass is 364 g/mol. The lowest BCUT2D eigenvalue weighted by molar-refractivity contribution is -0.118. The van der Waals surface area contributed by atoms with Crippen molar-refractivity contribution in [1.82, 2.24) is 0 Å². The average Bonchev–Trinajstić information content (AvgIpc) is 2.68. The van der Waals surface area contributed by atoms with E-state index in [0.29, 0.717) is 13.0 Å². The number of carbonyl (C=O) groups excluding carboxylic acids is 2. The number of anilines is 2. The predicted molar refractivity (Wildman–Crippen MR) is 110 cm³/mol. The summed E-state index contributed by atoms with van der Waals surface area (Å²) in [5.41, 5.74) is 5.42. The van der Waals surface area contributed by atoms with E-state index in [1.54, 1.807) is 11.8 Å². The van der Waals surface area contributed by atoms with E-state index in [9.17, 15) is 9.59 Å². The summed E-state index contributed by atoms with van der Waals surface area (Å²) >= 11 is 0. The summed E-state index contributed by atoms with van der Waals surface area (Å²) in [4.78, 5) is 28.9. The van der Waals surface area contributed by atoms with Crippen LogP contribution in [0.3, 0.4) is 0 Å². The first-order valence-electron chi connectivity index (χ1n) is 9.77. The molecule has 27 heavy (non-hydrogen) atoms. The molecule has 0 aromatic heterocycles. The first-order valence-corrected chi connectivity index (χ1v) is 9.77. The molecular weight excluding hydrogens is 336 g/mol. The quantitative estimate of drug-likeness (QED) is 0.794. The average molecular weight is 364 g/mol. The lowest BCUT2D eigenvalue weighted by Crippen LogP contribution is -2.39. The number of nitrogens with zero attached hydrogens (tertiary/aromatic N) is 2. The van der Waals surface area contributed by atoms with Gasteiger partial charge in [-0.05, 0) is 48.9 Å².